The van der Waals surface area contributed by atoms with Crippen LogP contribution in [0.5, 0.6) is 11.5 Å². The molecule has 2 aliphatic heterocycles. The van der Waals surface area contributed by atoms with E-state index in [0.717, 1.165) is 22.9 Å². The largest absolute Gasteiger partial charge is 0.454 e. The van der Waals surface area contributed by atoms with Gasteiger partial charge in [-0.15, -0.1) is 0 Å². The number of benzene rings is 2. The number of aryl methyl sites for hydroxylation is 1. The number of nitrogens with one attached hydrogen (secondary N) is 1. The Morgan fingerprint density at radius 2 is 1.94 bits per heavy atom. The van der Waals surface area contributed by atoms with Crippen LogP contribution in [0, 0.1) is 6.92 Å². The summed E-state index contributed by atoms with van der Waals surface area (Å²) in [5.74, 6) is 0.191. The minimum Gasteiger partial charge on any atom is -0.454 e. The summed E-state index contributed by atoms with van der Waals surface area (Å²) in [6.07, 6.45) is 1.64. The van der Waals surface area contributed by atoms with Crippen LogP contribution in [0.25, 0.3) is 6.08 Å². The summed E-state index contributed by atoms with van der Waals surface area (Å²) in [6, 6.07) is 11.7. The number of hydrogen-bond acceptors (Lipinski definition) is 7. The van der Waals surface area contributed by atoms with Crippen LogP contribution in [0.4, 0.5) is 10.5 Å². The molecule has 158 valence electrons. The maximum atomic E-state index is 13.2. The average Bonchev–Trinajstić information content (AvgIpc) is 3.31. The lowest BCUT2D eigenvalue weighted by molar-refractivity contribution is -0.117. The van der Waals surface area contributed by atoms with Gasteiger partial charge in [-0.3, -0.25) is 19.8 Å². The van der Waals surface area contributed by atoms with Gasteiger partial charge in [0, 0.05) is 0 Å². The summed E-state index contributed by atoms with van der Waals surface area (Å²) in [7, 11) is 0. The lowest BCUT2D eigenvalue weighted by Gasteiger charge is -2.17. The van der Waals surface area contributed by atoms with Crippen molar-refractivity contribution in [1.29, 1.82) is 0 Å². The minimum absolute atomic E-state index is 0.130. The highest BCUT2D eigenvalue weighted by atomic mass is 32.2. The van der Waals surface area contributed by atoms with Gasteiger partial charge in [-0.05, 0) is 42.8 Å². The maximum Gasteiger partial charge on any atom is 0.318 e. The van der Waals surface area contributed by atoms with Crippen LogP contribution in [-0.4, -0.2) is 35.6 Å². The second-order valence-electron chi connectivity index (χ2n) is 6.71. The number of anilines is 1. The van der Waals surface area contributed by atoms with E-state index in [2.05, 4.69) is 4.99 Å². The number of carbonyl (C=O) groups excluding carboxylic acids is 3. The number of nitrogens with two attached hydrogens (primary N) is 1. The van der Waals surface area contributed by atoms with E-state index in [0.29, 0.717) is 22.4 Å². The first kappa shape index (κ1) is 20.5. The first-order valence-corrected chi connectivity index (χ1v) is 10.2. The Kier molecular flexibility index (Phi) is 5.63. The Hall–Kier alpha value is -3.79. The number of rotatable bonds is 4. The Morgan fingerprint density at radius 3 is 2.68 bits per heavy atom. The highest BCUT2D eigenvalue weighted by Gasteiger charge is 2.32. The van der Waals surface area contributed by atoms with E-state index < -0.39 is 11.9 Å². The van der Waals surface area contributed by atoms with Crippen LogP contribution in [0.1, 0.15) is 11.1 Å². The van der Waals surface area contributed by atoms with Gasteiger partial charge in [0.2, 0.25) is 12.7 Å². The van der Waals surface area contributed by atoms with Crippen molar-refractivity contribution in [3.05, 3.63) is 59.3 Å². The number of amides is 4. The number of urea groups is 1. The van der Waals surface area contributed by atoms with E-state index in [1.807, 2.05) is 24.4 Å². The van der Waals surface area contributed by atoms with Gasteiger partial charge < -0.3 is 15.2 Å². The molecular formula is C21H18N4O5S. The molecule has 0 atom stereocenters. The molecule has 0 saturated heterocycles. The predicted molar refractivity (Wildman–Crippen MR) is 117 cm³/mol. The third-order valence-corrected chi connectivity index (χ3v) is 5.36. The zero-order valence-electron chi connectivity index (χ0n) is 16.5. The molecule has 2 aliphatic rings. The molecule has 9 nitrogen and oxygen atoms in total. The van der Waals surface area contributed by atoms with Crippen LogP contribution in [0.3, 0.4) is 0 Å². The quantitative estimate of drug-likeness (QED) is 0.707. The number of imide groups is 1. The zero-order chi connectivity index (χ0) is 22.0. The highest BCUT2D eigenvalue weighted by Crippen LogP contribution is 2.34. The summed E-state index contributed by atoms with van der Waals surface area (Å²) in [5.41, 5.74) is 7.56. The zero-order valence-corrected chi connectivity index (χ0v) is 17.3. The molecule has 31 heavy (non-hydrogen) atoms. The SMILES string of the molecule is Cc1ccc(N2C(=O)/C(=C\c3ccc4c(c3)OCO4)N=C2SCC(=O)NC(N)=O)cc1. The summed E-state index contributed by atoms with van der Waals surface area (Å²) in [4.78, 5) is 41.7. The van der Waals surface area contributed by atoms with Gasteiger partial charge in [-0.1, -0.05) is 35.5 Å². The lowest BCUT2D eigenvalue weighted by Crippen LogP contribution is -2.37. The summed E-state index contributed by atoms with van der Waals surface area (Å²) in [6.45, 7) is 2.10. The fraction of sp³-hybridized carbons (Fsp3) is 0.143. The number of carbonyl (C=O) groups is 3. The predicted octanol–water partition coefficient (Wildman–Crippen LogP) is 2.40. The van der Waals surface area contributed by atoms with Crippen molar-refractivity contribution in [3.63, 3.8) is 0 Å². The van der Waals surface area contributed by atoms with Crippen LogP contribution in [0.15, 0.2) is 53.2 Å². The van der Waals surface area contributed by atoms with E-state index in [1.54, 1.807) is 36.4 Å². The van der Waals surface area contributed by atoms with Crippen LogP contribution >= 0.6 is 11.8 Å². The Balaban J connectivity index is 1.63. The number of aliphatic imine (C=N–C) groups is 1. The maximum absolute atomic E-state index is 13.2. The molecule has 2 heterocycles. The van der Waals surface area contributed by atoms with Gasteiger partial charge in [-0.25, -0.2) is 9.79 Å². The van der Waals surface area contributed by atoms with Gasteiger partial charge in [-0.2, -0.15) is 0 Å². The molecule has 3 N–H and O–H groups in total. The van der Waals surface area contributed by atoms with Gasteiger partial charge in [0.1, 0.15) is 5.70 Å². The molecule has 0 aromatic heterocycles. The highest BCUT2D eigenvalue weighted by molar-refractivity contribution is 8.14. The number of fused-ring (bicyclic) bond motifs is 1. The number of nitrogens with zero attached hydrogens (tertiary/aromatic N) is 2. The number of ether oxygens (including phenoxy) is 2. The van der Waals surface area contributed by atoms with Crippen molar-refractivity contribution in [2.45, 2.75) is 6.92 Å². The third-order valence-electron chi connectivity index (χ3n) is 4.42. The van der Waals surface area contributed by atoms with Gasteiger partial charge >= 0.3 is 6.03 Å². The molecule has 4 amide bonds. The summed E-state index contributed by atoms with van der Waals surface area (Å²) >= 11 is 1.03. The first-order valence-electron chi connectivity index (χ1n) is 9.24. The average molecular weight is 438 g/mol. The fourth-order valence-corrected chi connectivity index (χ4v) is 3.79. The normalized spacial score (nSPS) is 15.9. The molecule has 0 aliphatic carbocycles. The van der Waals surface area contributed by atoms with Crippen molar-refractivity contribution in [3.8, 4) is 11.5 Å². The second kappa shape index (κ2) is 8.52. The molecule has 0 unspecified atom stereocenters. The second-order valence-corrected chi connectivity index (χ2v) is 7.66. The molecule has 2 aromatic rings. The molecule has 0 radical (unpaired) electrons. The standard InChI is InChI=1S/C21H18N4O5S/c1-12-2-5-14(6-3-12)25-19(27)15(23-21(25)31-10-18(26)24-20(22)28)8-13-4-7-16-17(9-13)30-11-29-16/h2-9H,10-11H2,1H3,(H3,22,24,26,28)/b15-8+. The molecule has 0 bridgehead atoms. The van der Waals surface area contributed by atoms with Gasteiger partial charge in [0.05, 0.1) is 11.4 Å². The number of hydrogen-bond donors (Lipinski definition) is 2. The van der Waals surface area contributed by atoms with E-state index in [4.69, 9.17) is 15.2 Å². The molecular weight excluding hydrogens is 420 g/mol. The minimum atomic E-state index is -0.936. The Morgan fingerprint density at radius 1 is 1.19 bits per heavy atom. The topological polar surface area (TPSA) is 123 Å². The number of primary amides is 1. The van der Waals surface area contributed by atoms with Crippen molar-refractivity contribution < 1.29 is 23.9 Å². The lowest BCUT2D eigenvalue weighted by atomic mass is 10.1. The van der Waals surface area contributed by atoms with Gasteiger partial charge in [0.25, 0.3) is 5.91 Å². The van der Waals surface area contributed by atoms with Crippen LogP contribution in [-0.2, 0) is 9.59 Å². The van der Waals surface area contributed by atoms with Crippen molar-refractivity contribution in [2.75, 3.05) is 17.4 Å². The fourth-order valence-electron chi connectivity index (χ4n) is 2.98. The van der Waals surface area contributed by atoms with Crippen LogP contribution < -0.4 is 25.4 Å². The molecule has 0 spiro atoms. The van der Waals surface area contributed by atoms with Crippen molar-refractivity contribution in [1.82, 2.24) is 5.32 Å². The van der Waals surface area contributed by atoms with Crippen molar-refractivity contribution in [2.24, 2.45) is 10.7 Å². The summed E-state index contributed by atoms with van der Waals surface area (Å²) in [5, 5.41) is 2.32. The monoisotopic (exact) mass is 438 g/mol. The number of amidine groups is 1. The Bertz CT molecular complexity index is 1130. The molecule has 4 rings (SSSR count). The first-order chi connectivity index (χ1) is 14.9. The summed E-state index contributed by atoms with van der Waals surface area (Å²) < 4.78 is 10.7. The van der Waals surface area contributed by atoms with E-state index in [-0.39, 0.29) is 24.2 Å². The third kappa shape index (κ3) is 4.53. The van der Waals surface area contributed by atoms with E-state index in [1.165, 1.54) is 4.90 Å². The van der Waals surface area contributed by atoms with Crippen molar-refractivity contribution >= 4 is 46.5 Å². The van der Waals surface area contributed by atoms with E-state index >= 15 is 0 Å². The smallest absolute Gasteiger partial charge is 0.318 e. The molecule has 2 aromatic carbocycles. The molecule has 10 heteroatoms. The van der Waals surface area contributed by atoms with E-state index in [9.17, 15) is 14.4 Å². The number of thioether (sulfide) groups is 1. The molecule has 0 saturated carbocycles. The Labute approximate surface area is 181 Å². The molecule has 0 fully saturated rings. The van der Waals surface area contributed by atoms with Gasteiger partial charge in [0.15, 0.2) is 16.7 Å². The van der Waals surface area contributed by atoms with Crippen LogP contribution in [0.2, 0.25) is 0 Å².